The second kappa shape index (κ2) is 5.27. The highest BCUT2D eigenvalue weighted by Gasteiger charge is 2.06. The Kier molecular flexibility index (Phi) is 3.72. The molecular weight excluding hydrogens is 301 g/mol. The number of nitrogens with two attached hydrogens (primary N) is 1. The third-order valence-electron chi connectivity index (χ3n) is 2.26. The molecule has 0 saturated heterocycles. The van der Waals surface area contributed by atoms with Crippen LogP contribution in [0.5, 0.6) is 17.2 Å². The molecule has 0 aliphatic carbocycles. The van der Waals surface area contributed by atoms with E-state index in [1.165, 1.54) is 18.2 Å². The van der Waals surface area contributed by atoms with Crippen LogP contribution >= 0.6 is 15.9 Å². The lowest BCUT2D eigenvalue weighted by atomic mass is 10.3. The molecule has 0 spiro atoms. The first-order valence-corrected chi connectivity index (χ1v) is 5.95. The van der Waals surface area contributed by atoms with Gasteiger partial charge in [0, 0.05) is 23.9 Å². The van der Waals surface area contributed by atoms with Gasteiger partial charge in [-0.15, -0.1) is 0 Å². The van der Waals surface area contributed by atoms with Crippen molar-refractivity contribution in [3.63, 3.8) is 0 Å². The third-order valence-corrected chi connectivity index (χ3v) is 2.88. The van der Waals surface area contributed by atoms with Crippen LogP contribution in [-0.4, -0.2) is 7.11 Å². The number of rotatable bonds is 3. The van der Waals surface area contributed by atoms with Gasteiger partial charge in [0.25, 0.3) is 0 Å². The molecule has 0 amide bonds. The molecule has 0 aliphatic rings. The van der Waals surface area contributed by atoms with E-state index in [4.69, 9.17) is 15.2 Å². The van der Waals surface area contributed by atoms with Crippen molar-refractivity contribution in [2.45, 2.75) is 0 Å². The van der Waals surface area contributed by atoms with Gasteiger partial charge in [0.15, 0.2) is 0 Å². The number of ether oxygens (including phenoxy) is 2. The third kappa shape index (κ3) is 2.92. The van der Waals surface area contributed by atoms with Gasteiger partial charge in [0.1, 0.15) is 23.1 Å². The van der Waals surface area contributed by atoms with Crippen LogP contribution in [0, 0.1) is 5.82 Å². The maximum atomic E-state index is 12.9. The van der Waals surface area contributed by atoms with Crippen molar-refractivity contribution in [1.82, 2.24) is 0 Å². The van der Waals surface area contributed by atoms with E-state index in [1.807, 2.05) is 0 Å². The second-order valence-corrected chi connectivity index (χ2v) is 4.47. The zero-order valence-electron chi connectivity index (χ0n) is 9.61. The van der Waals surface area contributed by atoms with Gasteiger partial charge >= 0.3 is 0 Å². The molecule has 2 rings (SSSR count). The molecule has 0 bridgehead atoms. The minimum atomic E-state index is -0.334. The van der Waals surface area contributed by atoms with E-state index < -0.39 is 0 Å². The average molecular weight is 312 g/mol. The van der Waals surface area contributed by atoms with Crippen LogP contribution in [0.4, 0.5) is 10.1 Å². The van der Waals surface area contributed by atoms with E-state index in [1.54, 1.807) is 25.3 Å². The number of anilines is 1. The Morgan fingerprint density at radius 3 is 2.50 bits per heavy atom. The summed E-state index contributed by atoms with van der Waals surface area (Å²) in [5, 5.41) is 0. The van der Waals surface area contributed by atoms with Gasteiger partial charge in [0.05, 0.1) is 11.6 Å². The highest BCUT2D eigenvalue weighted by Crippen LogP contribution is 2.33. The Morgan fingerprint density at radius 2 is 1.83 bits per heavy atom. The summed E-state index contributed by atoms with van der Waals surface area (Å²) in [6.45, 7) is 0. The Morgan fingerprint density at radius 1 is 1.11 bits per heavy atom. The minimum Gasteiger partial charge on any atom is -0.497 e. The summed E-state index contributed by atoms with van der Waals surface area (Å²) < 4.78 is 24.2. The van der Waals surface area contributed by atoms with E-state index in [2.05, 4.69) is 15.9 Å². The molecule has 94 valence electrons. The molecule has 0 atom stereocenters. The molecule has 2 aromatic carbocycles. The molecule has 3 nitrogen and oxygen atoms in total. The van der Waals surface area contributed by atoms with Crippen molar-refractivity contribution >= 4 is 21.6 Å². The van der Waals surface area contributed by atoms with E-state index >= 15 is 0 Å². The lowest BCUT2D eigenvalue weighted by Gasteiger charge is -2.10. The minimum absolute atomic E-state index is 0.334. The van der Waals surface area contributed by atoms with Crippen molar-refractivity contribution < 1.29 is 13.9 Å². The smallest absolute Gasteiger partial charge is 0.141 e. The van der Waals surface area contributed by atoms with Gasteiger partial charge < -0.3 is 15.2 Å². The Bertz CT molecular complexity index is 575. The first kappa shape index (κ1) is 12.7. The summed E-state index contributed by atoms with van der Waals surface area (Å²) in [5.41, 5.74) is 6.25. The van der Waals surface area contributed by atoms with E-state index in [0.717, 1.165) is 0 Å². The fourth-order valence-electron chi connectivity index (χ4n) is 1.46. The molecular formula is C13H11BrFNO2. The molecule has 0 aromatic heterocycles. The van der Waals surface area contributed by atoms with Gasteiger partial charge in [-0.25, -0.2) is 4.39 Å². The van der Waals surface area contributed by atoms with Crippen LogP contribution in [0.3, 0.4) is 0 Å². The zero-order valence-corrected chi connectivity index (χ0v) is 11.2. The maximum absolute atomic E-state index is 12.9. The van der Waals surface area contributed by atoms with Crippen LogP contribution in [0.25, 0.3) is 0 Å². The summed E-state index contributed by atoms with van der Waals surface area (Å²) >= 11 is 3.23. The van der Waals surface area contributed by atoms with Crippen molar-refractivity contribution in [1.29, 1.82) is 0 Å². The lowest BCUT2D eigenvalue weighted by molar-refractivity contribution is 0.409. The molecule has 2 aromatic rings. The molecule has 0 heterocycles. The van der Waals surface area contributed by atoms with Crippen molar-refractivity contribution in [2.24, 2.45) is 0 Å². The topological polar surface area (TPSA) is 44.5 Å². The number of benzene rings is 2. The van der Waals surface area contributed by atoms with E-state index in [0.29, 0.717) is 27.4 Å². The lowest BCUT2D eigenvalue weighted by Crippen LogP contribution is -1.92. The van der Waals surface area contributed by atoms with Crippen LogP contribution in [0.1, 0.15) is 0 Å². The first-order valence-electron chi connectivity index (χ1n) is 5.16. The van der Waals surface area contributed by atoms with Crippen LogP contribution in [-0.2, 0) is 0 Å². The number of halogens is 2. The molecule has 0 fully saturated rings. The molecule has 5 heteroatoms. The standard InChI is InChI=1S/C13H11BrFNO2/c1-17-10-5-9(16)6-11(7-10)18-13-3-2-8(15)4-12(13)14/h2-7H,16H2,1H3. The Labute approximate surface area is 112 Å². The summed E-state index contributed by atoms with van der Waals surface area (Å²) in [4.78, 5) is 0. The Balaban J connectivity index is 2.30. The highest BCUT2D eigenvalue weighted by atomic mass is 79.9. The molecule has 0 unspecified atom stereocenters. The van der Waals surface area contributed by atoms with Gasteiger partial charge in [0.2, 0.25) is 0 Å². The van der Waals surface area contributed by atoms with Gasteiger partial charge in [-0.3, -0.25) is 0 Å². The maximum Gasteiger partial charge on any atom is 0.141 e. The van der Waals surface area contributed by atoms with Crippen molar-refractivity contribution in [3.8, 4) is 17.2 Å². The summed E-state index contributed by atoms with van der Waals surface area (Å²) in [6, 6.07) is 9.24. The summed E-state index contributed by atoms with van der Waals surface area (Å²) in [7, 11) is 1.55. The fourth-order valence-corrected chi connectivity index (χ4v) is 1.89. The van der Waals surface area contributed by atoms with Gasteiger partial charge in [-0.05, 0) is 34.1 Å². The molecule has 0 saturated carbocycles. The predicted octanol–water partition coefficient (Wildman–Crippen LogP) is 3.97. The van der Waals surface area contributed by atoms with Crippen LogP contribution < -0.4 is 15.2 Å². The van der Waals surface area contributed by atoms with E-state index in [-0.39, 0.29) is 5.82 Å². The quantitative estimate of drug-likeness (QED) is 0.872. The average Bonchev–Trinajstić information content (AvgIpc) is 2.32. The second-order valence-electron chi connectivity index (χ2n) is 3.62. The normalized spacial score (nSPS) is 10.2. The van der Waals surface area contributed by atoms with Crippen molar-refractivity contribution in [3.05, 3.63) is 46.7 Å². The Hall–Kier alpha value is -1.75. The fraction of sp³-hybridized carbons (Fsp3) is 0.0769. The SMILES string of the molecule is COc1cc(N)cc(Oc2ccc(F)cc2Br)c1. The number of hydrogen-bond donors (Lipinski definition) is 1. The van der Waals surface area contributed by atoms with Crippen LogP contribution in [0.15, 0.2) is 40.9 Å². The highest BCUT2D eigenvalue weighted by molar-refractivity contribution is 9.10. The monoisotopic (exact) mass is 311 g/mol. The molecule has 2 N–H and O–H groups in total. The first-order chi connectivity index (χ1) is 8.58. The zero-order chi connectivity index (χ0) is 13.1. The molecule has 0 radical (unpaired) electrons. The van der Waals surface area contributed by atoms with E-state index in [9.17, 15) is 4.39 Å². The number of methoxy groups -OCH3 is 1. The van der Waals surface area contributed by atoms with Crippen LogP contribution in [0.2, 0.25) is 0 Å². The summed E-state index contributed by atoms with van der Waals surface area (Å²) in [5.74, 6) is 1.30. The van der Waals surface area contributed by atoms with Gasteiger partial charge in [-0.2, -0.15) is 0 Å². The number of hydrogen-bond acceptors (Lipinski definition) is 3. The number of nitrogen functional groups attached to an aromatic ring is 1. The summed E-state index contributed by atoms with van der Waals surface area (Å²) in [6.07, 6.45) is 0. The predicted molar refractivity (Wildman–Crippen MR) is 71.6 cm³/mol. The largest absolute Gasteiger partial charge is 0.497 e. The van der Waals surface area contributed by atoms with Crippen molar-refractivity contribution in [2.75, 3.05) is 12.8 Å². The molecule has 18 heavy (non-hydrogen) atoms. The molecule has 0 aliphatic heterocycles. The van der Waals surface area contributed by atoms with Gasteiger partial charge in [-0.1, -0.05) is 0 Å².